The number of aromatic hydroxyl groups is 2. The number of rotatable bonds is 8. The zero-order chi connectivity index (χ0) is 38.4. The molecule has 4 aromatic heterocycles. The quantitative estimate of drug-likeness (QED) is 0.0724. The predicted octanol–water partition coefficient (Wildman–Crippen LogP) is 9.88. The first-order valence-electron chi connectivity index (χ1n) is 15.6. The molecule has 2 aromatic carbocycles. The third kappa shape index (κ3) is 10.4. The van der Waals surface area contributed by atoms with Gasteiger partial charge >= 0.3 is 70.8 Å². The first kappa shape index (κ1) is 42.3. The molecule has 0 aliphatic carbocycles. The number of aromatic nitrogens is 4. The Morgan fingerprint density at radius 3 is 1.48 bits per heavy atom. The molecular weight excluding hydrogens is 1090 g/mol. The average molecular weight is 1120 g/mol. The van der Waals surface area contributed by atoms with Crippen LogP contribution in [0.4, 0.5) is 11.6 Å². The van der Waals surface area contributed by atoms with E-state index in [9.17, 15) is 19.8 Å². The van der Waals surface area contributed by atoms with Crippen LogP contribution in [0.5, 0.6) is 11.5 Å². The number of hydrogen-bond donors (Lipinski definition) is 7. The van der Waals surface area contributed by atoms with Crippen LogP contribution in [-0.4, -0.2) is 47.0 Å². The van der Waals surface area contributed by atoms with Gasteiger partial charge in [-0.3, -0.25) is 9.59 Å². The first-order valence-corrected chi connectivity index (χ1v) is 29.9. The number of phenolic OH excluding ortho intramolecular Hbond substituents is 2. The van der Waals surface area contributed by atoms with E-state index in [1.807, 2.05) is 26.0 Å². The van der Waals surface area contributed by atoms with Gasteiger partial charge in [0.2, 0.25) is 0 Å². The van der Waals surface area contributed by atoms with Crippen LogP contribution < -0.4 is 11.5 Å². The number of ketones is 1. The SMILES string of the molecule is CCc1c(-c2cc(CC(=O)O)cc(Cl)c2O)[nH]c2ccc(N)nc12.CCc1c(-c2cc(CC(C)=O)cc(Cl)c2O)[nH]c2ccc(N)nc12.[I][V]([I])[I]. The molecule has 0 atom stereocenters. The van der Waals surface area contributed by atoms with Crippen molar-refractivity contribution in [3.8, 4) is 34.0 Å². The number of phenols is 2. The van der Waals surface area contributed by atoms with Crippen molar-refractivity contribution in [3.63, 3.8) is 0 Å². The molecule has 4 heterocycles. The van der Waals surface area contributed by atoms with Gasteiger partial charge in [-0.15, -0.1) is 0 Å². The molecule has 0 bridgehead atoms. The van der Waals surface area contributed by atoms with Crippen molar-refractivity contribution in [1.82, 2.24) is 19.9 Å². The molecule has 0 saturated heterocycles. The maximum atomic E-state index is 11.4. The third-order valence-electron chi connectivity index (χ3n) is 7.83. The van der Waals surface area contributed by atoms with Crippen LogP contribution in [0.2, 0.25) is 10.0 Å². The molecule has 0 fully saturated rings. The van der Waals surface area contributed by atoms with Gasteiger partial charge in [-0.2, -0.15) is 0 Å². The van der Waals surface area contributed by atoms with E-state index in [0.717, 1.165) is 44.5 Å². The van der Waals surface area contributed by atoms with Crippen LogP contribution in [0.3, 0.4) is 0 Å². The minimum absolute atomic E-state index is 0.0156. The van der Waals surface area contributed by atoms with Crippen LogP contribution in [0.1, 0.15) is 43.0 Å². The summed E-state index contributed by atoms with van der Waals surface area (Å²) >= 11 is 19.6. The molecule has 0 radical (unpaired) electrons. The Morgan fingerprint density at radius 1 is 0.750 bits per heavy atom. The summed E-state index contributed by atoms with van der Waals surface area (Å²) in [7, 11) is 0. The summed E-state index contributed by atoms with van der Waals surface area (Å²) in [5, 5.41) is 30.1. The van der Waals surface area contributed by atoms with Crippen molar-refractivity contribution in [2.24, 2.45) is 0 Å². The predicted molar refractivity (Wildman–Crippen MR) is 232 cm³/mol. The molecular formula is C35H34Cl2I3N6O5V. The van der Waals surface area contributed by atoms with E-state index < -0.39 is 5.97 Å². The van der Waals surface area contributed by atoms with Crippen molar-refractivity contribution < 1.29 is 29.8 Å². The number of benzene rings is 2. The van der Waals surface area contributed by atoms with Crippen molar-refractivity contribution >= 4 is 129 Å². The second kappa shape index (κ2) is 18.7. The van der Waals surface area contributed by atoms with Gasteiger partial charge in [0, 0.05) is 28.7 Å². The number of Topliss-reactive ketones (excluding diaryl/α,β-unsaturated/α-hetero) is 1. The van der Waals surface area contributed by atoms with Crippen molar-refractivity contribution in [2.75, 3.05) is 11.5 Å². The van der Waals surface area contributed by atoms with Crippen molar-refractivity contribution in [2.45, 2.75) is 46.5 Å². The van der Waals surface area contributed by atoms with E-state index in [1.54, 1.807) is 30.3 Å². The van der Waals surface area contributed by atoms with Gasteiger partial charge in [0.15, 0.2) is 0 Å². The van der Waals surface area contributed by atoms with Gasteiger partial charge in [-0.25, -0.2) is 9.97 Å². The zero-order valence-corrected chi connectivity index (χ0v) is 37.4. The number of fused-ring (bicyclic) bond motifs is 2. The second-order valence-corrected chi connectivity index (χ2v) is 47.7. The fourth-order valence-electron chi connectivity index (χ4n) is 5.77. The van der Waals surface area contributed by atoms with E-state index in [0.29, 0.717) is 46.9 Å². The van der Waals surface area contributed by atoms with Gasteiger partial charge in [0.05, 0.1) is 49.9 Å². The molecule has 11 nitrogen and oxygen atoms in total. The van der Waals surface area contributed by atoms with Crippen molar-refractivity contribution in [3.05, 3.63) is 80.8 Å². The van der Waals surface area contributed by atoms with E-state index >= 15 is 0 Å². The molecule has 0 aliphatic rings. The Hall–Kier alpha value is -2.49. The molecule has 0 amide bonds. The Bertz CT molecular complexity index is 2120. The number of carbonyl (C=O) groups excluding carboxylic acids is 1. The number of nitrogens with zero attached hydrogens (tertiary/aromatic N) is 2. The number of aryl methyl sites for hydroxylation is 2. The molecule has 9 N–H and O–H groups in total. The first-order chi connectivity index (χ1) is 24.5. The summed E-state index contributed by atoms with van der Waals surface area (Å²) in [6.45, 7) is 5.50. The number of carbonyl (C=O) groups is 2. The van der Waals surface area contributed by atoms with E-state index in [2.05, 4.69) is 79.9 Å². The molecule has 0 saturated carbocycles. The molecule has 17 heteroatoms. The number of nitrogen functional groups attached to an aromatic ring is 2. The summed E-state index contributed by atoms with van der Waals surface area (Å²) in [5.41, 5.74) is 20.2. The summed E-state index contributed by atoms with van der Waals surface area (Å²) in [5.74, 6) is -0.202. The Morgan fingerprint density at radius 2 is 1.13 bits per heavy atom. The van der Waals surface area contributed by atoms with Gasteiger partial charge < -0.3 is 36.8 Å². The number of aromatic amines is 2. The molecule has 0 aliphatic heterocycles. The third-order valence-corrected chi connectivity index (χ3v) is 8.40. The number of nitrogens with one attached hydrogen (secondary N) is 2. The summed E-state index contributed by atoms with van der Waals surface area (Å²) < 4.78 is 0. The minimum atomic E-state index is -0.968. The summed E-state index contributed by atoms with van der Waals surface area (Å²) in [6.07, 6.45) is 1.45. The molecule has 6 aromatic rings. The molecule has 0 spiro atoms. The number of aliphatic carboxylic acids is 1. The normalized spacial score (nSPS) is 10.9. The Kier molecular flexibility index (Phi) is 15.2. The number of halogens is 5. The standard InChI is InChI=1S/C18H18ClN3O2.C17H16ClN3O3.3HI.V/c1-3-11-16(21-14-4-5-15(20)22-17(11)14)12-7-10(6-9(2)23)8-13(19)18(12)24;1-2-9-15(20-12-3-4-13(19)21-16(9)12)10-5-8(7-14(22)23)6-11(18)17(10)24;;;;/h4-5,7-8,21,24H,3,6H2,1-2H3,(H2,20,22);3-6,20,24H,2,7H2,1H3,(H2,19,21)(H,22,23);3*1H;/q;;;;;+3/p-3. The summed E-state index contributed by atoms with van der Waals surface area (Å²) in [6, 6.07) is 13.6. The van der Waals surface area contributed by atoms with Crippen LogP contribution in [0, 0.1) is 0 Å². The van der Waals surface area contributed by atoms with Crippen molar-refractivity contribution in [1.29, 1.82) is 0 Å². The molecule has 0 unspecified atom stereocenters. The number of pyridine rings is 2. The van der Waals surface area contributed by atoms with Gasteiger partial charge in [-0.1, -0.05) is 37.0 Å². The number of anilines is 2. The van der Waals surface area contributed by atoms with Crippen LogP contribution in [0.15, 0.2) is 48.5 Å². The average Bonchev–Trinajstić information content (AvgIpc) is 3.60. The second-order valence-electron chi connectivity index (χ2n) is 11.5. The Balaban J connectivity index is 0.000000211. The van der Waals surface area contributed by atoms with Gasteiger partial charge in [-0.05, 0) is 79.4 Å². The number of carboxylic acids is 1. The number of nitrogens with two attached hydrogens (primary N) is 2. The molecule has 52 heavy (non-hydrogen) atoms. The summed E-state index contributed by atoms with van der Waals surface area (Å²) in [4.78, 5) is 37.4. The number of hydrogen-bond acceptors (Lipinski definition) is 8. The molecule has 274 valence electrons. The van der Waals surface area contributed by atoms with Crippen LogP contribution in [-0.2, 0) is 40.2 Å². The maximum absolute atomic E-state index is 11.4. The van der Waals surface area contributed by atoms with E-state index in [-0.39, 0.29) is 45.1 Å². The van der Waals surface area contributed by atoms with Gasteiger partial charge in [0.25, 0.3) is 0 Å². The number of carboxylic acid groups (broad SMARTS) is 1. The van der Waals surface area contributed by atoms with E-state index in [4.69, 9.17) is 39.8 Å². The topological polar surface area (TPSA) is 204 Å². The van der Waals surface area contributed by atoms with E-state index in [1.165, 1.54) is 13.0 Å². The Labute approximate surface area is 347 Å². The van der Waals surface area contributed by atoms with Crippen LogP contribution in [0.25, 0.3) is 44.6 Å². The number of H-pyrrole nitrogens is 2. The molecule has 6 rings (SSSR count). The van der Waals surface area contributed by atoms with Crippen LogP contribution >= 0.6 is 83.1 Å². The fourth-order valence-corrected chi connectivity index (χ4v) is 6.26. The monoisotopic (exact) mass is 1120 g/mol. The van der Waals surface area contributed by atoms with Gasteiger partial charge in [0.1, 0.15) is 28.9 Å². The zero-order valence-electron chi connectivity index (χ0n) is 28.0. The fraction of sp³-hybridized carbons (Fsp3) is 0.200.